The van der Waals surface area contributed by atoms with Crippen LogP contribution in [0.1, 0.15) is 6.42 Å². The molecule has 0 saturated carbocycles. The molecule has 1 aliphatic heterocycles. The summed E-state index contributed by atoms with van der Waals surface area (Å²) in [4.78, 5) is 15.2. The van der Waals surface area contributed by atoms with Gasteiger partial charge >= 0.3 is 0 Å². The van der Waals surface area contributed by atoms with Crippen LogP contribution >= 0.6 is 27.5 Å². The summed E-state index contributed by atoms with van der Waals surface area (Å²) in [5.41, 5.74) is 2.15. The predicted molar refractivity (Wildman–Crippen MR) is 122 cm³/mol. The van der Waals surface area contributed by atoms with Gasteiger partial charge in [0.1, 0.15) is 12.0 Å². The molecule has 3 aromatic rings. The highest BCUT2D eigenvalue weighted by molar-refractivity contribution is 9.10. The SMILES string of the molecule is O=CCN1CCN(CCCOc2ccc3c(-c4ccc(Br)cc4)nsc3c2)CC1. The molecule has 2 heterocycles. The molecule has 1 fully saturated rings. The molecule has 0 unspecified atom stereocenters. The number of aromatic nitrogens is 1. The van der Waals surface area contributed by atoms with E-state index in [-0.39, 0.29) is 0 Å². The number of carbonyl (C=O) groups excluding carboxylic acids is 1. The number of hydrogen-bond donors (Lipinski definition) is 0. The minimum absolute atomic E-state index is 0.556. The van der Waals surface area contributed by atoms with Crippen molar-refractivity contribution in [1.29, 1.82) is 0 Å². The second kappa shape index (κ2) is 9.80. The molecular formula is C22H24BrN3O2S. The first-order chi connectivity index (χ1) is 14.2. The zero-order valence-corrected chi connectivity index (χ0v) is 18.6. The van der Waals surface area contributed by atoms with Crippen LogP contribution < -0.4 is 4.74 Å². The average Bonchev–Trinajstić information content (AvgIpc) is 3.16. The Morgan fingerprint density at radius 2 is 1.83 bits per heavy atom. The number of nitrogens with zero attached hydrogens (tertiary/aromatic N) is 3. The van der Waals surface area contributed by atoms with E-state index in [1.807, 2.05) is 18.2 Å². The smallest absolute Gasteiger partial charge is 0.133 e. The maximum absolute atomic E-state index is 10.6. The third-order valence-corrected chi connectivity index (χ3v) is 6.58. The number of hydrogen-bond acceptors (Lipinski definition) is 6. The minimum Gasteiger partial charge on any atom is -0.493 e. The Bertz CT molecular complexity index is 952. The van der Waals surface area contributed by atoms with E-state index < -0.39 is 0 Å². The fourth-order valence-corrected chi connectivity index (χ4v) is 4.69. The van der Waals surface area contributed by atoms with E-state index in [4.69, 9.17) is 4.74 Å². The van der Waals surface area contributed by atoms with Crippen LogP contribution in [0.15, 0.2) is 46.9 Å². The van der Waals surface area contributed by atoms with Gasteiger partial charge in [-0.2, -0.15) is 4.37 Å². The van der Waals surface area contributed by atoms with Crippen LogP contribution in [-0.2, 0) is 4.79 Å². The Kier molecular flexibility index (Phi) is 6.92. The van der Waals surface area contributed by atoms with Gasteiger partial charge in [0.05, 0.1) is 23.5 Å². The summed E-state index contributed by atoms with van der Waals surface area (Å²) in [6.07, 6.45) is 1.99. The van der Waals surface area contributed by atoms with Crippen LogP contribution in [0.5, 0.6) is 5.75 Å². The van der Waals surface area contributed by atoms with E-state index in [0.717, 1.165) is 77.0 Å². The van der Waals surface area contributed by atoms with Gasteiger partial charge in [0.15, 0.2) is 0 Å². The van der Waals surface area contributed by atoms with Gasteiger partial charge in [-0.15, -0.1) is 0 Å². The van der Waals surface area contributed by atoms with Crippen molar-refractivity contribution in [2.45, 2.75) is 6.42 Å². The second-order valence-electron chi connectivity index (χ2n) is 7.21. The monoisotopic (exact) mass is 473 g/mol. The lowest BCUT2D eigenvalue weighted by atomic mass is 10.1. The summed E-state index contributed by atoms with van der Waals surface area (Å²) in [6, 6.07) is 14.5. The number of fused-ring (bicyclic) bond motifs is 1. The van der Waals surface area contributed by atoms with E-state index in [1.54, 1.807) is 0 Å². The van der Waals surface area contributed by atoms with Gasteiger partial charge < -0.3 is 14.4 Å². The van der Waals surface area contributed by atoms with E-state index in [0.29, 0.717) is 13.2 Å². The first-order valence-corrected chi connectivity index (χ1v) is 11.5. The summed E-state index contributed by atoms with van der Waals surface area (Å²) >= 11 is 4.99. The maximum Gasteiger partial charge on any atom is 0.133 e. The lowest BCUT2D eigenvalue weighted by molar-refractivity contribution is -0.109. The fraction of sp³-hybridized carbons (Fsp3) is 0.364. The number of rotatable bonds is 8. The summed E-state index contributed by atoms with van der Waals surface area (Å²) in [6.45, 7) is 6.30. The first-order valence-electron chi connectivity index (χ1n) is 9.89. The standard InChI is InChI=1S/C22H24BrN3O2S/c23-18-4-2-17(3-5-18)22-20-7-6-19(16-21(20)29-24-22)28-15-1-8-25-9-11-26(12-10-25)13-14-27/h2-7,14,16H,1,8-13,15H2. The van der Waals surface area contributed by atoms with Crippen LogP contribution in [-0.4, -0.2) is 66.3 Å². The average molecular weight is 474 g/mol. The molecule has 1 aromatic heterocycles. The van der Waals surface area contributed by atoms with Crippen LogP contribution in [0.2, 0.25) is 0 Å². The van der Waals surface area contributed by atoms with Crippen molar-refractivity contribution < 1.29 is 9.53 Å². The Labute approximate surface area is 183 Å². The summed E-state index contributed by atoms with van der Waals surface area (Å²) in [5, 5.41) is 1.16. The molecule has 152 valence electrons. The van der Waals surface area contributed by atoms with Crippen molar-refractivity contribution in [3.05, 3.63) is 46.9 Å². The highest BCUT2D eigenvalue weighted by Gasteiger charge is 2.15. The molecule has 0 spiro atoms. The van der Waals surface area contributed by atoms with Crippen molar-refractivity contribution in [3.63, 3.8) is 0 Å². The number of carbonyl (C=O) groups is 1. The van der Waals surface area contributed by atoms with Crippen molar-refractivity contribution >= 4 is 43.8 Å². The molecule has 0 atom stereocenters. The third-order valence-electron chi connectivity index (χ3n) is 5.25. The molecule has 29 heavy (non-hydrogen) atoms. The van der Waals surface area contributed by atoms with Crippen molar-refractivity contribution in [2.75, 3.05) is 45.9 Å². The van der Waals surface area contributed by atoms with Gasteiger partial charge in [-0.1, -0.05) is 28.1 Å². The topological polar surface area (TPSA) is 45.7 Å². The van der Waals surface area contributed by atoms with Gasteiger partial charge in [0, 0.05) is 48.1 Å². The summed E-state index contributed by atoms with van der Waals surface area (Å²) in [5.74, 6) is 0.902. The Morgan fingerprint density at radius 3 is 2.59 bits per heavy atom. The highest BCUT2D eigenvalue weighted by atomic mass is 79.9. The molecule has 0 N–H and O–H groups in total. The molecule has 0 radical (unpaired) electrons. The summed E-state index contributed by atoms with van der Waals surface area (Å²) < 4.78 is 12.9. The molecule has 5 nitrogen and oxygen atoms in total. The number of halogens is 1. The first kappa shape index (κ1) is 20.5. The molecule has 2 aromatic carbocycles. The van der Waals surface area contributed by atoms with Crippen molar-refractivity contribution in [2.24, 2.45) is 0 Å². The van der Waals surface area contributed by atoms with E-state index in [2.05, 4.69) is 54.4 Å². The largest absolute Gasteiger partial charge is 0.493 e. The van der Waals surface area contributed by atoms with Gasteiger partial charge in [0.25, 0.3) is 0 Å². The predicted octanol–water partition coefficient (Wildman–Crippen LogP) is 4.31. The van der Waals surface area contributed by atoms with Gasteiger partial charge in [-0.25, -0.2) is 0 Å². The number of aldehydes is 1. The van der Waals surface area contributed by atoms with Crippen LogP contribution in [0.25, 0.3) is 21.3 Å². The highest BCUT2D eigenvalue weighted by Crippen LogP contribution is 2.33. The lowest BCUT2D eigenvalue weighted by Crippen LogP contribution is -2.47. The van der Waals surface area contributed by atoms with E-state index >= 15 is 0 Å². The second-order valence-corrected chi connectivity index (χ2v) is 8.93. The lowest BCUT2D eigenvalue weighted by Gasteiger charge is -2.33. The van der Waals surface area contributed by atoms with Crippen molar-refractivity contribution in [1.82, 2.24) is 14.2 Å². The number of ether oxygens (including phenoxy) is 1. The van der Waals surface area contributed by atoms with Gasteiger partial charge in [-0.05, 0) is 48.3 Å². The molecule has 0 amide bonds. The Balaban J connectivity index is 1.28. The molecule has 0 bridgehead atoms. The summed E-state index contributed by atoms with van der Waals surface area (Å²) in [7, 11) is 0. The number of piperazine rings is 1. The van der Waals surface area contributed by atoms with Crippen LogP contribution in [0.3, 0.4) is 0 Å². The van der Waals surface area contributed by atoms with Crippen LogP contribution in [0, 0.1) is 0 Å². The molecule has 4 rings (SSSR count). The maximum atomic E-state index is 10.6. The molecule has 1 saturated heterocycles. The zero-order chi connectivity index (χ0) is 20.1. The number of benzene rings is 2. The van der Waals surface area contributed by atoms with E-state index in [9.17, 15) is 4.79 Å². The molecule has 7 heteroatoms. The van der Waals surface area contributed by atoms with Crippen LogP contribution in [0.4, 0.5) is 0 Å². The Morgan fingerprint density at radius 1 is 1.07 bits per heavy atom. The quantitative estimate of drug-likeness (QED) is 0.360. The molecular weight excluding hydrogens is 450 g/mol. The molecule has 0 aliphatic carbocycles. The van der Waals surface area contributed by atoms with Gasteiger partial charge in [-0.3, -0.25) is 4.90 Å². The van der Waals surface area contributed by atoms with Gasteiger partial charge in [0.2, 0.25) is 0 Å². The fourth-order valence-electron chi connectivity index (χ4n) is 3.60. The zero-order valence-electron chi connectivity index (χ0n) is 16.2. The third kappa shape index (κ3) is 5.22. The van der Waals surface area contributed by atoms with E-state index in [1.165, 1.54) is 11.5 Å². The Hall–Kier alpha value is -1.80. The van der Waals surface area contributed by atoms with Crippen molar-refractivity contribution in [3.8, 4) is 17.0 Å². The molecule has 1 aliphatic rings. The normalized spacial score (nSPS) is 15.6. The minimum atomic E-state index is 0.556.